The minimum absolute atomic E-state index is 0.0915. The van der Waals surface area contributed by atoms with Gasteiger partial charge in [0.1, 0.15) is 11.4 Å². The lowest BCUT2D eigenvalue weighted by molar-refractivity contribution is -0.113. The third kappa shape index (κ3) is 4.66. The van der Waals surface area contributed by atoms with Crippen LogP contribution in [0.15, 0.2) is 44.9 Å². The van der Waals surface area contributed by atoms with Gasteiger partial charge in [-0.05, 0) is 30.0 Å². The van der Waals surface area contributed by atoms with E-state index in [0.717, 1.165) is 10.1 Å². The van der Waals surface area contributed by atoms with Gasteiger partial charge >= 0.3 is 5.69 Å². The number of methoxy groups -OCH3 is 1. The van der Waals surface area contributed by atoms with Gasteiger partial charge in [-0.25, -0.2) is 9.78 Å². The van der Waals surface area contributed by atoms with Crippen LogP contribution in [-0.4, -0.2) is 32.9 Å². The number of aryl methyl sites for hydroxylation is 1. The van der Waals surface area contributed by atoms with Crippen LogP contribution in [0.5, 0.6) is 5.75 Å². The standard InChI is InChI=1S/C22H26N4O4S/c1-13(2)10-14-11-23-20-18(21(28)26(4)22(29)25(20)3)19(14)31-12-17(27)24-15-8-6-7-9-16(15)30-5/h6-9,11,13H,10,12H2,1-5H3,(H,24,27). The highest BCUT2D eigenvalue weighted by Crippen LogP contribution is 2.30. The van der Waals surface area contributed by atoms with Crippen molar-refractivity contribution in [3.8, 4) is 5.75 Å². The van der Waals surface area contributed by atoms with Crippen molar-refractivity contribution in [2.24, 2.45) is 20.0 Å². The first-order chi connectivity index (χ1) is 14.7. The lowest BCUT2D eigenvalue weighted by Crippen LogP contribution is -2.37. The first-order valence-corrected chi connectivity index (χ1v) is 10.9. The average molecular weight is 443 g/mol. The molecule has 0 aliphatic carbocycles. The lowest BCUT2D eigenvalue weighted by atomic mass is 10.0. The largest absolute Gasteiger partial charge is 0.495 e. The summed E-state index contributed by atoms with van der Waals surface area (Å²) in [5.41, 5.74) is 0.924. The van der Waals surface area contributed by atoms with Crippen LogP contribution in [0.25, 0.3) is 11.0 Å². The predicted molar refractivity (Wildman–Crippen MR) is 123 cm³/mol. The molecule has 0 saturated carbocycles. The second-order valence-electron chi connectivity index (χ2n) is 7.65. The Morgan fingerprint density at radius 3 is 2.58 bits per heavy atom. The van der Waals surface area contributed by atoms with Crippen LogP contribution in [0.3, 0.4) is 0 Å². The summed E-state index contributed by atoms with van der Waals surface area (Å²) in [6.07, 6.45) is 2.40. The molecule has 8 nitrogen and oxygen atoms in total. The van der Waals surface area contributed by atoms with Gasteiger partial charge < -0.3 is 10.1 Å². The molecule has 0 unspecified atom stereocenters. The van der Waals surface area contributed by atoms with E-state index in [-0.39, 0.29) is 11.7 Å². The SMILES string of the molecule is COc1ccccc1NC(=O)CSc1c(CC(C)C)cnc2c1c(=O)n(C)c(=O)n2C. The van der Waals surface area contributed by atoms with Crippen LogP contribution in [0.2, 0.25) is 0 Å². The highest BCUT2D eigenvalue weighted by Gasteiger charge is 2.19. The summed E-state index contributed by atoms with van der Waals surface area (Å²) in [7, 11) is 4.57. The summed E-state index contributed by atoms with van der Waals surface area (Å²) in [5, 5.41) is 3.21. The van der Waals surface area contributed by atoms with Gasteiger partial charge in [0.05, 0.1) is 23.9 Å². The number of aromatic nitrogens is 3. The number of pyridine rings is 1. The Morgan fingerprint density at radius 1 is 1.19 bits per heavy atom. The number of anilines is 1. The molecule has 3 rings (SSSR count). The van der Waals surface area contributed by atoms with Gasteiger partial charge in [0.25, 0.3) is 5.56 Å². The number of amides is 1. The van der Waals surface area contributed by atoms with Crippen LogP contribution in [-0.2, 0) is 25.3 Å². The van der Waals surface area contributed by atoms with Gasteiger partial charge in [-0.2, -0.15) is 0 Å². The molecular weight excluding hydrogens is 416 g/mol. The molecular formula is C22H26N4O4S. The Labute approximate surface area is 184 Å². The number of para-hydroxylation sites is 2. The fraction of sp³-hybridized carbons (Fsp3) is 0.364. The van der Waals surface area contributed by atoms with Crippen molar-refractivity contribution in [1.29, 1.82) is 0 Å². The molecule has 164 valence electrons. The van der Waals surface area contributed by atoms with Gasteiger partial charge in [0, 0.05) is 25.2 Å². The molecule has 1 N–H and O–H groups in total. The van der Waals surface area contributed by atoms with Crippen LogP contribution in [0, 0.1) is 5.92 Å². The second kappa shape index (κ2) is 9.38. The number of nitrogens with one attached hydrogen (secondary N) is 1. The van der Waals surface area contributed by atoms with Gasteiger partial charge in [-0.15, -0.1) is 11.8 Å². The van der Waals surface area contributed by atoms with E-state index in [0.29, 0.717) is 39.7 Å². The molecule has 2 heterocycles. The zero-order valence-electron chi connectivity index (χ0n) is 18.3. The zero-order valence-corrected chi connectivity index (χ0v) is 19.1. The van der Waals surface area contributed by atoms with Gasteiger partial charge in [0.2, 0.25) is 5.91 Å². The molecule has 3 aromatic rings. The van der Waals surface area contributed by atoms with E-state index < -0.39 is 11.2 Å². The maximum atomic E-state index is 13.0. The molecule has 0 bridgehead atoms. The van der Waals surface area contributed by atoms with E-state index in [1.54, 1.807) is 32.5 Å². The monoisotopic (exact) mass is 442 g/mol. The first-order valence-electron chi connectivity index (χ1n) is 9.87. The number of carbonyl (C=O) groups is 1. The Bertz CT molecular complexity index is 1250. The molecule has 9 heteroatoms. The van der Waals surface area contributed by atoms with Crippen molar-refractivity contribution in [1.82, 2.24) is 14.1 Å². The molecule has 2 aromatic heterocycles. The van der Waals surface area contributed by atoms with Crippen molar-refractivity contribution in [2.45, 2.75) is 25.2 Å². The number of hydrogen-bond donors (Lipinski definition) is 1. The number of hydrogen-bond acceptors (Lipinski definition) is 6. The summed E-state index contributed by atoms with van der Waals surface area (Å²) in [6.45, 7) is 4.15. The van der Waals surface area contributed by atoms with E-state index in [4.69, 9.17) is 4.74 Å². The fourth-order valence-electron chi connectivity index (χ4n) is 3.36. The van der Waals surface area contributed by atoms with Crippen LogP contribution in [0.1, 0.15) is 19.4 Å². The minimum Gasteiger partial charge on any atom is -0.495 e. The highest BCUT2D eigenvalue weighted by molar-refractivity contribution is 8.00. The summed E-state index contributed by atoms with van der Waals surface area (Å²) in [6, 6.07) is 7.17. The predicted octanol–water partition coefficient (Wildman–Crippen LogP) is 2.57. The number of ether oxygens (including phenoxy) is 1. The molecule has 1 amide bonds. The van der Waals surface area contributed by atoms with Crippen molar-refractivity contribution < 1.29 is 9.53 Å². The van der Waals surface area contributed by atoms with E-state index in [9.17, 15) is 14.4 Å². The Morgan fingerprint density at radius 2 is 1.90 bits per heavy atom. The number of rotatable bonds is 7. The summed E-state index contributed by atoms with van der Waals surface area (Å²) >= 11 is 1.28. The van der Waals surface area contributed by atoms with Gasteiger partial charge in [0.15, 0.2) is 0 Å². The van der Waals surface area contributed by atoms with Crippen molar-refractivity contribution >= 4 is 34.4 Å². The third-order valence-corrected chi connectivity index (χ3v) is 6.01. The summed E-state index contributed by atoms with van der Waals surface area (Å²) in [5.74, 6) is 0.766. The van der Waals surface area contributed by atoms with Crippen molar-refractivity contribution in [3.05, 3.63) is 56.9 Å². The van der Waals surface area contributed by atoms with Gasteiger partial charge in [-0.3, -0.25) is 18.7 Å². The number of fused-ring (bicyclic) bond motifs is 1. The normalized spacial score (nSPS) is 11.2. The zero-order chi connectivity index (χ0) is 22.7. The minimum atomic E-state index is -0.438. The average Bonchev–Trinajstić information content (AvgIpc) is 2.75. The topological polar surface area (TPSA) is 95.2 Å². The number of benzene rings is 1. The highest BCUT2D eigenvalue weighted by atomic mass is 32.2. The first kappa shape index (κ1) is 22.6. The quantitative estimate of drug-likeness (QED) is 0.565. The van der Waals surface area contributed by atoms with Crippen LogP contribution >= 0.6 is 11.8 Å². The molecule has 1 aromatic carbocycles. The summed E-state index contributed by atoms with van der Waals surface area (Å²) < 4.78 is 7.70. The number of carbonyl (C=O) groups excluding carboxylic acids is 1. The Hall–Kier alpha value is -3.07. The van der Waals surface area contributed by atoms with E-state index in [1.165, 1.54) is 23.4 Å². The maximum Gasteiger partial charge on any atom is 0.332 e. The third-order valence-electron chi connectivity index (χ3n) is 4.85. The molecule has 0 radical (unpaired) electrons. The molecule has 0 atom stereocenters. The molecule has 0 aliphatic heterocycles. The Kier molecular flexibility index (Phi) is 6.84. The van der Waals surface area contributed by atoms with E-state index in [1.807, 2.05) is 12.1 Å². The van der Waals surface area contributed by atoms with E-state index in [2.05, 4.69) is 24.1 Å². The smallest absolute Gasteiger partial charge is 0.332 e. The fourth-order valence-corrected chi connectivity index (χ4v) is 4.36. The Balaban J connectivity index is 2.00. The van der Waals surface area contributed by atoms with Crippen LogP contribution in [0.4, 0.5) is 5.69 Å². The second-order valence-corrected chi connectivity index (χ2v) is 8.64. The number of nitrogens with zero attached hydrogens (tertiary/aromatic N) is 3. The number of thioether (sulfide) groups is 1. The molecule has 0 spiro atoms. The van der Waals surface area contributed by atoms with Crippen LogP contribution < -0.4 is 21.3 Å². The molecule has 0 aliphatic rings. The van der Waals surface area contributed by atoms with Crippen molar-refractivity contribution in [3.63, 3.8) is 0 Å². The molecule has 0 saturated heterocycles. The van der Waals surface area contributed by atoms with Gasteiger partial charge in [-0.1, -0.05) is 26.0 Å². The van der Waals surface area contributed by atoms with Crippen molar-refractivity contribution in [2.75, 3.05) is 18.2 Å². The summed E-state index contributed by atoms with van der Waals surface area (Å²) in [4.78, 5) is 43.0. The molecule has 0 fully saturated rings. The molecule has 31 heavy (non-hydrogen) atoms. The maximum absolute atomic E-state index is 13.0. The van der Waals surface area contributed by atoms with E-state index >= 15 is 0 Å². The lowest BCUT2D eigenvalue weighted by Gasteiger charge is -2.16.